The van der Waals surface area contributed by atoms with Gasteiger partial charge in [0.2, 0.25) is 0 Å². The fraction of sp³-hybridized carbons (Fsp3) is 0.333. The number of halogens is 5. The number of nitrogens with zero attached hydrogens (tertiary/aromatic N) is 5. The van der Waals surface area contributed by atoms with Gasteiger partial charge in [-0.1, -0.05) is 6.07 Å². The minimum atomic E-state index is -5.86. The molecule has 0 radical (unpaired) electrons. The van der Waals surface area contributed by atoms with Gasteiger partial charge < -0.3 is 14.8 Å². The SMILES string of the molecule is CCOc1ccc(Cn2cc(NC(=O)c3cc4nc(C)cc(C(F)(F)C(F)(F)F)n4n3)cn2)cc1OCC. The molecular weight excluding hydrogens is 515 g/mol. The second-order valence-corrected chi connectivity index (χ2v) is 8.18. The van der Waals surface area contributed by atoms with Crippen LogP contribution in [0.25, 0.3) is 5.65 Å². The molecule has 0 spiro atoms. The number of hydrogen-bond acceptors (Lipinski definition) is 6. The molecule has 0 aliphatic rings. The highest BCUT2D eigenvalue weighted by Gasteiger charge is 2.60. The van der Waals surface area contributed by atoms with Crippen LogP contribution in [0.5, 0.6) is 11.5 Å². The number of hydrogen-bond donors (Lipinski definition) is 1. The number of alkyl halides is 5. The van der Waals surface area contributed by atoms with Gasteiger partial charge in [-0.3, -0.25) is 9.48 Å². The van der Waals surface area contributed by atoms with Crippen LogP contribution in [0.3, 0.4) is 0 Å². The Labute approximate surface area is 213 Å². The van der Waals surface area contributed by atoms with Crippen LogP contribution in [0, 0.1) is 6.92 Å². The summed E-state index contributed by atoms with van der Waals surface area (Å²) in [6.07, 6.45) is -2.98. The van der Waals surface area contributed by atoms with Crippen LogP contribution in [0.15, 0.2) is 42.7 Å². The maximum atomic E-state index is 14.1. The third kappa shape index (κ3) is 5.38. The minimum Gasteiger partial charge on any atom is -0.490 e. The minimum absolute atomic E-state index is 0.0913. The average Bonchev–Trinajstić information content (AvgIpc) is 3.46. The molecule has 0 fully saturated rings. The predicted octanol–water partition coefficient (Wildman–Crippen LogP) is 4.99. The number of fused-ring (bicyclic) bond motifs is 1. The summed E-state index contributed by atoms with van der Waals surface area (Å²) in [5.74, 6) is -4.85. The van der Waals surface area contributed by atoms with Gasteiger partial charge in [0.15, 0.2) is 22.8 Å². The first-order valence-electron chi connectivity index (χ1n) is 11.5. The monoisotopic (exact) mass is 538 g/mol. The summed E-state index contributed by atoms with van der Waals surface area (Å²) in [7, 11) is 0. The summed E-state index contributed by atoms with van der Waals surface area (Å²) in [6.45, 7) is 6.25. The largest absolute Gasteiger partial charge is 0.490 e. The third-order valence-corrected chi connectivity index (χ3v) is 5.31. The Balaban J connectivity index is 1.53. The molecule has 38 heavy (non-hydrogen) atoms. The van der Waals surface area contributed by atoms with E-state index in [1.165, 1.54) is 24.0 Å². The Hall–Kier alpha value is -4.23. The molecule has 0 aliphatic carbocycles. The van der Waals surface area contributed by atoms with Gasteiger partial charge in [-0.15, -0.1) is 0 Å². The maximum Gasteiger partial charge on any atom is 0.459 e. The standard InChI is InChI=1S/C24H23F5N6O3/c1-4-37-18-7-6-15(9-19(18)38-5-2)12-34-13-16(11-30-34)32-22(36)17-10-21-31-14(3)8-20(35(21)33-17)23(25,26)24(27,28)29/h6-11,13H,4-5,12H2,1-3H3,(H,32,36). The number of aromatic nitrogens is 5. The highest BCUT2D eigenvalue weighted by atomic mass is 19.4. The first-order chi connectivity index (χ1) is 17.9. The van der Waals surface area contributed by atoms with Gasteiger partial charge >= 0.3 is 12.1 Å². The molecule has 1 amide bonds. The number of ether oxygens (including phenoxy) is 2. The van der Waals surface area contributed by atoms with Crippen LogP contribution >= 0.6 is 0 Å². The van der Waals surface area contributed by atoms with Crippen LogP contribution < -0.4 is 14.8 Å². The quantitative estimate of drug-likeness (QED) is 0.302. The molecule has 1 aromatic carbocycles. The molecule has 3 aromatic heterocycles. The van der Waals surface area contributed by atoms with Crippen LogP contribution in [-0.2, 0) is 12.5 Å². The van der Waals surface area contributed by atoms with E-state index in [4.69, 9.17) is 9.47 Å². The Bertz CT molecular complexity index is 1460. The van der Waals surface area contributed by atoms with Gasteiger partial charge in [-0.2, -0.15) is 32.1 Å². The summed E-state index contributed by atoms with van der Waals surface area (Å²) in [5.41, 5.74) is -1.16. The number of carbonyl (C=O) groups excluding carboxylic acids is 1. The fourth-order valence-corrected chi connectivity index (χ4v) is 3.67. The molecule has 0 saturated carbocycles. The van der Waals surface area contributed by atoms with Crippen molar-refractivity contribution in [2.75, 3.05) is 18.5 Å². The van der Waals surface area contributed by atoms with E-state index in [1.807, 2.05) is 26.0 Å². The normalized spacial score (nSPS) is 12.1. The first kappa shape index (κ1) is 26.8. The highest BCUT2D eigenvalue weighted by Crippen LogP contribution is 2.43. The summed E-state index contributed by atoms with van der Waals surface area (Å²) in [4.78, 5) is 16.6. The van der Waals surface area contributed by atoms with Gasteiger partial charge in [-0.25, -0.2) is 9.50 Å². The fourth-order valence-electron chi connectivity index (χ4n) is 3.67. The molecule has 4 aromatic rings. The van der Waals surface area contributed by atoms with E-state index >= 15 is 0 Å². The summed E-state index contributed by atoms with van der Waals surface area (Å²) < 4.78 is 80.2. The summed E-state index contributed by atoms with van der Waals surface area (Å²) in [5, 5.41) is 10.4. The highest BCUT2D eigenvalue weighted by molar-refractivity contribution is 6.03. The molecule has 14 heteroatoms. The van der Waals surface area contributed by atoms with Gasteiger partial charge in [-0.05, 0) is 44.5 Å². The van der Waals surface area contributed by atoms with Crippen LogP contribution in [0.2, 0.25) is 0 Å². The maximum absolute atomic E-state index is 14.1. The molecule has 0 bridgehead atoms. The molecule has 0 atom stereocenters. The van der Waals surface area contributed by atoms with E-state index in [0.717, 1.165) is 11.6 Å². The Morgan fingerprint density at radius 2 is 1.74 bits per heavy atom. The number of rotatable bonds is 9. The van der Waals surface area contributed by atoms with Crippen LogP contribution in [0.4, 0.5) is 27.6 Å². The molecule has 202 valence electrons. The number of anilines is 1. The zero-order chi connectivity index (χ0) is 27.7. The number of benzene rings is 1. The van der Waals surface area contributed by atoms with Crippen molar-refractivity contribution in [3.05, 3.63) is 65.4 Å². The van der Waals surface area contributed by atoms with Crippen molar-refractivity contribution in [2.45, 2.75) is 39.4 Å². The molecule has 1 N–H and O–H groups in total. The van der Waals surface area contributed by atoms with Gasteiger partial charge in [0, 0.05) is 18.0 Å². The molecule has 0 saturated heterocycles. The average molecular weight is 538 g/mol. The third-order valence-electron chi connectivity index (χ3n) is 5.31. The van der Waals surface area contributed by atoms with E-state index in [2.05, 4.69) is 20.5 Å². The lowest BCUT2D eigenvalue weighted by atomic mass is 10.2. The number of aryl methyl sites for hydroxylation is 1. The molecule has 4 rings (SSSR count). The Kier molecular flexibility index (Phi) is 7.24. The van der Waals surface area contributed by atoms with Crippen molar-refractivity contribution >= 4 is 17.2 Å². The van der Waals surface area contributed by atoms with Crippen molar-refractivity contribution in [1.82, 2.24) is 24.4 Å². The van der Waals surface area contributed by atoms with E-state index in [1.54, 1.807) is 6.07 Å². The van der Waals surface area contributed by atoms with Crippen molar-refractivity contribution in [1.29, 1.82) is 0 Å². The van der Waals surface area contributed by atoms with Crippen molar-refractivity contribution in [3.8, 4) is 11.5 Å². The van der Waals surface area contributed by atoms with Gasteiger partial charge in [0.25, 0.3) is 5.91 Å². The lowest BCUT2D eigenvalue weighted by Gasteiger charge is -2.20. The smallest absolute Gasteiger partial charge is 0.459 e. The topological polar surface area (TPSA) is 95.6 Å². The Morgan fingerprint density at radius 1 is 1.03 bits per heavy atom. The number of carbonyl (C=O) groups is 1. The number of nitrogens with one attached hydrogen (secondary N) is 1. The van der Waals surface area contributed by atoms with E-state index < -0.39 is 29.4 Å². The molecule has 0 aliphatic heterocycles. The van der Waals surface area contributed by atoms with E-state index in [9.17, 15) is 26.7 Å². The molecule has 3 heterocycles. The number of amides is 1. The first-order valence-corrected chi connectivity index (χ1v) is 11.5. The zero-order valence-corrected chi connectivity index (χ0v) is 20.5. The summed E-state index contributed by atoms with van der Waals surface area (Å²) >= 11 is 0. The lowest BCUT2D eigenvalue weighted by molar-refractivity contribution is -0.291. The van der Waals surface area contributed by atoms with E-state index in [0.29, 0.717) is 41.8 Å². The van der Waals surface area contributed by atoms with Crippen molar-refractivity contribution in [2.24, 2.45) is 0 Å². The molecule has 9 nitrogen and oxygen atoms in total. The van der Waals surface area contributed by atoms with Crippen LogP contribution in [0.1, 0.15) is 41.3 Å². The summed E-state index contributed by atoms with van der Waals surface area (Å²) in [6, 6.07) is 7.04. The lowest BCUT2D eigenvalue weighted by Crippen LogP contribution is -2.36. The molecule has 0 unspecified atom stereocenters. The zero-order valence-electron chi connectivity index (χ0n) is 20.5. The van der Waals surface area contributed by atoms with Crippen molar-refractivity contribution in [3.63, 3.8) is 0 Å². The van der Waals surface area contributed by atoms with Gasteiger partial charge in [0.05, 0.1) is 31.6 Å². The second-order valence-electron chi connectivity index (χ2n) is 8.18. The Morgan fingerprint density at radius 3 is 2.42 bits per heavy atom. The second kappa shape index (κ2) is 10.3. The predicted molar refractivity (Wildman–Crippen MR) is 126 cm³/mol. The van der Waals surface area contributed by atoms with Gasteiger partial charge in [0.1, 0.15) is 5.69 Å². The van der Waals surface area contributed by atoms with Crippen molar-refractivity contribution < 1.29 is 36.2 Å². The van der Waals surface area contributed by atoms with E-state index in [-0.39, 0.29) is 17.0 Å². The molecular formula is C24H23F5N6O3. The van der Waals surface area contributed by atoms with Crippen LogP contribution in [-0.4, -0.2) is 49.7 Å².